The molecule has 1 rings (SSSR count). The van der Waals surface area contributed by atoms with Crippen LogP contribution < -0.4 is 0 Å². The van der Waals surface area contributed by atoms with Gasteiger partial charge in [-0.1, -0.05) is 29.8 Å². The molecule has 72 valence electrons. The first-order valence-electron chi connectivity index (χ1n) is 4.16. The van der Waals surface area contributed by atoms with Gasteiger partial charge in [-0.2, -0.15) is 0 Å². The van der Waals surface area contributed by atoms with Crippen molar-refractivity contribution >= 4 is 9.84 Å². The van der Waals surface area contributed by atoms with Crippen molar-refractivity contribution in [2.45, 2.75) is 19.1 Å². The normalized spacial score (nSPS) is 14.1. The first kappa shape index (κ1) is 10.3. The maximum Gasteiger partial charge on any atom is 0.154 e. The molecule has 0 amide bonds. The second kappa shape index (κ2) is 3.50. The average molecular weight is 198 g/mol. The molecule has 2 nitrogen and oxygen atoms in total. The Bertz CT molecular complexity index is 393. The summed E-state index contributed by atoms with van der Waals surface area (Å²) in [5, 5.41) is -0.410. The zero-order chi connectivity index (χ0) is 10.1. The van der Waals surface area contributed by atoms with Crippen molar-refractivity contribution in [3.63, 3.8) is 0 Å². The predicted octanol–water partition coefficient (Wildman–Crippen LogP) is 2.10. The van der Waals surface area contributed by atoms with E-state index in [1.54, 1.807) is 6.92 Å². The van der Waals surface area contributed by atoms with Gasteiger partial charge in [0.25, 0.3) is 0 Å². The predicted molar refractivity (Wildman–Crippen MR) is 54.4 cm³/mol. The van der Waals surface area contributed by atoms with Crippen LogP contribution in [0, 0.1) is 6.92 Å². The van der Waals surface area contributed by atoms with Crippen LogP contribution in [0.15, 0.2) is 24.3 Å². The lowest BCUT2D eigenvalue weighted by atomic mass is 10.1. The molecule has 0 aromatic heterocycles. The molecular weight excluding hydrogens is 184 g/mol. The van der Waals surface area contributed by atoms with Crippen molar-refractivity contribution in [2.75, 3.05) is 6.26 Å². The highest BCUT2D eigenvalue weighted by molar-refractivity contribution is 7.90. The lowest BCUT2D eigenvalue weighted by Gasteiger charge is -2.09. The van der Waals surface area contributed by atoms with Gasteiger partial charge in [0.15, 0.2) is 9.84 Å². The lowest BCUT2D eigenvalue weighted by molar-refractivity contribution is 0.592. The summed E-state index contributed by atoms with van der Waals surface area (Å²) >= 11 is 0. The molecule has 0 aliphatic rings. The minimum absolute atomic E-state index is 0.410. The fourth-order valence-corrected chi connectivity index (χ4v) is 1.81. The summed E-state index contributed by atoms with van der Waals surface area (Å²) < 4.78 is 22.5. The van der Waals surface area contributed by atoms with Gasteiger partial charge >= 0.3 is 0 Å². The molecule has 0 fully saturated rings. The van der Waals surface area contributed by atoms with E-state index < -0.39 is 15.1 Å². The molecule has 1 aromatic carbocycles. The van der Waals surface area contributed by atoms with E-state index in [1.165, 1.54) is 6.26 Å². The molecule has 3 heteroatoms. The minimum atomic E-state index is -2.97. The number of rotatable bonds is 2. The third kappa shape index (κ3) is 2.56. The van der Waals surface area contributed by atoms with Gasteiger partial charge in [-0.15, -0.1) is 0 Å². The van der Waals surface area contributed by atoms with Crippen molar-refractivity contribution in [2.24, 2.45) is 0 Å². The van der Waals surface area contributed by atoms with Crippen molar-refractivity contribution in [1.29, 1.82) is 0 Å². The van der Waals surface area contributed by atoms with E-state index in [2.05, 4.69) is 0 Å². The van der Waals surface area contributed by atoms with Crippen LogP contribution >= 0.6 is 0 Å². The second-order valence-electron chi connectivity index (χ2n) is 3.39. The molecule has 0 heterocycles. The summed E-state index contributed by atoms with van der Waals surface area (Å²) in [6, 6.07) is 7.59. The molecular formula is C10H14O2S. The van der Waals surface area contributed by atoms with Crippen molar-refractivity contribution < 1.29 is 8.42 Å². The van der Waals surface area contributed by atoms with E-state index in [4.69, 9.17) is 0 Å². The zero-order valence-electron chi connectivity index (χ0n) is 8.11. The number of aryl methyl sites for hydroxylation is 1. The van der Waals surface area contributed by atoms with Crippen molar-refractivity contribution in [3.05, 3.63) is 35.4 Å². The van der Waals surface area contributed by atoms with Gasteiger partial charge in [-0.25, -0.2) is 8.42 Å². The van der Waals surface area contributed by atoms with Crippen LogP contribution in [0.5, 0.6) is 0 Å². The molecule has 0 radical (unpaired) electrons. The van der Waals surface area contributed by atoms with E-state index in [0.717, 1.165) is 11.1 Å². The number of sulfone groups is 1. The third-order valence-electron chi connectivity index (χ3n) is 2.15. The Kier molecular flexibility index (Phi) is 2.76. The van der Waals surface area contributed by atoms with Crippen LogP contribution in [-0.4, -0.2) is 14.7 Å². The molecule has 13 heavy (non-hydrogen) atoms. The van der Waals surface area contributed by atoms with Crippen LogP contribution in [0.25, 0.3) is 0 Å². The average Bonchev–Trinajstić information content (AvgIpc) is 2.01. The van der Waals surface area contributed by atoms with Gasteiger partial charge < -0.3 is 0 Å². The Balaban J connectivity index is 3.10. The zero-order valence-corrected chi connectivity index (χ0v) is 8.93. The molecule has 0 aliphatic heterocycles. The van der Waals surface area contributed by atoms with E-state index in [-0.39, 0.29) is 0 Å². The Hall–Kier alpha value is -0.830. The lowest BCUT2D eigenvalue weighted by Crippen LogP contribution is -2.07. The molecule has 0 saturated carbocycles. The van der Waals surface area contributed by atoms with Crippen LogP contribution in [0.3, 0.4) is 0 Å². The highest BCUT2D eigenvalue weighted by Crippen LogP contribution is 2.21. The first-order chi connectivity index (χ1) is 5.91. The topological polar surface area (TPSA) is 34.1 Å². The van der Waals surface area contributed by atoms with Crippen molar-refractivity contribution in [3.8, 4) is 0 Å². The van der Waals surface area contributed by atoms with E-state index >= 15 is 0 Å². The highest BCUT2D eigenvalue weighted by Gasteiger charge is 2.16. The largest absolute Gasteiger partial charge is 0.229 e. The van der Waals surface area contributed by atoms with Crippen LogP contribution in [0.1, 0.15) is 23.3 Å². The fraction of sp³-hybridized carbons (Fsp3) is 0.400. The van der Waals surface area contributed by atoms with E-state index in [1.807, 2.05) is 31.2 Å². The van der Waals surface area contributed by atoms with Gasteiger partial charge in [0.1, 0.15) is 0 Å². The molecule has 0 aliphatic carbocycles. The SMILES string of the molecule is Cc1cccc(C(C)S(C)(=O)=O)c1. The van der Waals surface area contributed by atoms with Gasteiger partial charge in [0.2, 0.25) is 0 Å². The third-order valence-corrected chi connectivity index (χ3v) is 3.71. The number of hydrogen-bond acceptors (Lipinski definition) is 2. The number of hydrogen-bond donors (Lipinski definition) is 0. The number of benzene rings is 1. The quantitative estimate of drug-likeness (QED) is 0.729. The van der Waals surface area contributed by atoms with E-state index in [0.29, 0.717) is 0 Å². The second-order valence-corrected chi connectivity index (χ2v) is 5.75. The molecule has 0 saturated heterocycles. The van der Waals surface area contributed by atoms with Crippen LogP contribution in [0.4, 0.5) is 0 Å². The summed E-state index contributed by atoms with van der Waals surface area (Å²) in [6.45, 7) is 3.67. The summed E-state index contributed by atoms with van der Waals surface area (Å²) in [5.41, 5.74) is 1.95. The van der Waals surface area contributed by atoms with Crippen LogP contribution in [-0.2, 0) is 9.84 Å². The molecule has 1 aromatic rings. The van der Waals surface area contributed by atoms with Gasteiger partial charge in [0.05, 0.1) is 5.25 Å². The standard InChI is InChI=1S/C10H14O2S/c1-8-5-4-6-10(7-8)9(2)13(3,11)12/h4-7,9H,1-3H3. The van der Waals surface area contributed by atoms with Gasteiger partial charge in [0, 0.05) is 6.26 Å². The van der Waals surface area contributed by atoms with Gasteiger partial charge in [-0.3, -0.25) is 0 Å². The first-order valence-corrected chi connectivity index (χ1v) is 6.12. The summed E-state index contributed by atoms with van der Waals surface area (Å²) in [5.74, 6) is 0. The Morgan fingerprint density at radius 3 is 2.38 bits per heavy atom. The van der Waals surface area contributed by atoms with E-state index in [9.17, 15) is 8.42 Å². The van der Waals surface area contributed by atoms with Gasteiger partial charge in [-0.05, 0) is 19.4 Å². The smallest absolute Gasteiger partial charge is 0.154 e. The summed E-state index contributed by atoms with van der Waals surface area (Å²) in [7, 11) is -2.97. The molecule has 0 spiro atoms. The molecule has 1 unspecified atom stereocenters. The summed E-state index contributed by atoms with van der Waals surface area (Å²) in [6.07, 6.45) is 1.26. The molecule has 1 atom stereocenters. The maximum atomic E-state index is 11.2. The summed E-state index contributed by atoms with van der Waals surface area (Å²) in [4.78, 5) is 0. The Labute approximate surface area is 79.5 Å². The maximum absolute atomic E-state index is 11.2. The van der Waals surface area contributed by atoms with Crippen LogP contribution in [0.2, 0.25) is 0 Å². The fourth-order valence-electron chi connectivity index (χ4n) is 1.17. The minimum Gasteiger partial charge on any atom is -0.229 e. The monoisotopic (exact) mass is 198 g/mol. The molecule has 0 bridgehead atoms. The Morgan fingerprint density at radius 2 is 1.92 bits per heavy atom. The highest BCUT2D eigenvalue weighted by atomic mass is 32.2. The molecule has 0 N–H and O–H groups in total. The van der Waals surface area contributed by atoms with Crippen molar-refractivity contribution in [1.82, 2.24) is 0 Å². The Morgan fingerprint density at radius 1 is 1.31 bits per heavy atom.